The predicted octanol–water partition coefficient (Wildman–Crippen LogP) is 2.80. The number of benzene rings is 1. The molecule has 0 saturated carbocycles. The molecule has 4 nitrogen and oxygen atoms in total. The van der Waals surface area contributed by atoms with Gasteiger partial charge in [0, 0.05) is 25.0 Å². The van der Waals surface area contributed by atoms with Crippen LogP contribution in [0.25, 0.3) is 5.69 Å². The third-order valence-corrected chi connectivity index (χ3v) is 4.04. The molecule has 0 bridgehead atoms. The van der Waals surface area contributed by atoms with Gasteiger partial charge in [-0.1, -0.05) is 12.1 Å². The average molecular weight is 354 g/mol. The minimum atomic E-state index is -0.891. The molecule has 2 atom stereocenters. The molecule has 1 aromatic carbocycles. The molecule has 2 aromatic rings. The summed E-state index contributed by atoms with van der Waals surface area (Å²) >= 11 is 3.33. The zero-order chi connectivity index (χ0) is 14.8. The lowest BCUT2D eigenvalue weighted by molar-refractivity contribution is 0.0120. The number of nitrogens with zero attached hydrogens (tertiary/aromatic N) is 3. The van der Waals surface area contributed by atoms with Crippen molar-refractivity contribution < 1.29 is 9.13 Å². The molecule has 1 aromatic heterocycles. The first-order valence-electron chi connectivity index (χ1n) is 6.85. The van der Waals surface area contributed by atoms with Gasteiger partial charge in [-0.3, -0.25) is 0 Å². The van der Waals surface area contributed by atoms with E-state index in [1.165, 1.54) is 0 Å². The SMILES string of the molecule is CN1C[C@H](OCc2ccc(-n3cnc(Br)c3)cc2)[C@@H](F)C1. The topological polar surface area (TPSA) is 30.3 Å². The number of alkyl halides is 1. The van der Waals surface area contributed by atoms with Crippen molar-refractivity contribution in [2.75, 3.05) is 20.1 Å². The Morgan fingerprint density at radius 2 is 2.10 bits per heavy atom. The van der Waals surface area contributed by atoms with Gasteiger partial charge in [-0.25, -0.2) is 9.37 Å². The van der Waals surface area contributed by atoms with Crippen molar-refractivity contribution >= 4 is 15.9 Å². The molecule has 6 heteroatoms. The predicted molar refractivity (Wildman–Crippen MR) is 82.2 cm³/mol. The Balaban J connectivity index is 1.60. The van der Waals surface area contributed by atoms with Gasteiger partial charge in [0.1, 0.15) is 23.2 Å². The molecule has 0 amide bonds. The molecule has 0 radical (unpaired) electrons. The Morgan fingerprint density at radius 3 is 2.67 bits per heavy atom. The standard InChI is InChI=1S/C15H17BrFN3O/c1-19-6-13(17)14(7-19)21-9-11-2-4-12(5-3-11)20-8-15(16)18-10-20/h2-5,8,10,13-14H,6-7,9H2,1H3/t13-,14-/m0/s1. The van der Waals surface area contributed by atoms with Gasteiger partial charge in [-0.15, -0.1) is 0 Å². The highest BCUT2D eigenvalue weighted by molar-refractivity contribution is 9.10. The number of imidazole rings is 1. The van der Waals surface area contributed by atoms with Gasteiger partial charge < -0.3 is 14.2 Å². The molecular weight excluding hydrogens is 337 g/mol. The third kappa shape index (κ3) is 3.51. The second-order valence-electron chi connectivity index (χ2n) is 5.36. The van der Waals surface area contributed by atoms with Crippen LogP contribution < -0.4 is 0 Å². The number of rotatable bonds is 4. The molecule has 1 aliphatic rings. The molecule has 1 aliphatic heterocycles. The lowest BCUT2D eigenvalue weighted by Crippen LogP contribution is -2.23. The van der Waals surface area contributed by atoms with E-state index in [4.69, 9.17) is 4.74 Å². The molecule has 1 fully saturated rings. The summed E-state index contributed by atoms with van der Waals surface area (Å²) in [5.74, 6) is 0. The number of hydrogen-bond donors (Lipinski definition) is 0. The summed E-state index contributed by atoms with van der Waals surface area (Å²) < 4.78 is 22.1. The fourth-order valence-electron chi connectivity index (χ4n) is 2.48. The van der Waals surface area contributed by atoms with Crippen LogP contribution in [0.2, 0.25) is 0 Å². The van der Waals surface area contributed by atoms with Gasteiger partial charge in [0.2, 0.25) is 0 Å². The molecule has 0 N–H and O–H groups in total. The van der Waals surface area contributed by atoms with Gasteiger partial charge in [0.25, 0.3) is 0 Å². The highest BCUT2D eigenvalue weighted by atomic mass is 79.9. The molecule has 3 rings (SSSR count). The van der Waals surface area contributed by atoms with Crippen molar-refractivity contribution in [3.05, 3.63) is 47.0 Å². The molecule has 21 heavy (non-hydrogen) atoms. The third-order valence-electron chi connectivity index (χ3n) is 3.63. The maximum Gasteiger partial charge on any atom is 0.140 e. The highest BCUT2D eigenvalue weighted by Gasteiger charge is 2.31. The van der Waals surface area contributed by atoms with Crippen LogP contribution in [0.3, 0.4) is 0 Å². The molecule has 112 valence electrons. The summed E-state index contributed by atoms with van der Waals surface area (Å²) in [7, 11) is 1.91. The van der Waals surface area contributed by atoms with Gasteiger partial charge in [0.15, 0.2) is 0 Å². The summed E-state index contributed by atoms with van der Waals surface area (Å²) in [4.78, 5) is 6.08. The second-order valence-corrected chi connectivity index (χ2v) is 6.17. The number of aromatic nitrogens is 2. The summed E-state index contributed by atoms with van der Waals surface area (Å²) in [6, 6.07) is 7.99. The zero-order valence-electron chi connectivity index (χ0n) is 11.7. The number of hydrogen-bond acceptors (Lipinski definition) is 3. The summed E-state index contributed by atoms with van der Waals surface area (Å²) in [5.41, 5.74) is 2.07. The largest absolute Gasteiger partial charge is 0.369 e. The van der Waals surface area contributed by atoms with E-state index in [-0.39, 0.29) is 6.10 Å². The van der Waals surface area contributed by atoms with Gasteiger partial charge in [0.05, 0.1) is 6.61 Å². The number of likely N-dealkylation sites (tertiary alicyclic amines) is 1. The molecule has 0 spiro atoms. The smallest absolute Gasteiger partial charge is 0.140 e. The van der Waals surface area contributed by atoms with Crippen molar-refractivity contribution in [2.45, 2.75) is 18.9 Å². The van der Waals surface area contributed by atoms with E-state index >= 15 is 0 Å². The second kappa shape index (κ2) is 6.25. The first-order chi connectivity index (χ1) is 10.1. The van der Waals surface area contributed by atoms with Crippen LogP contribution in [0.5, 0.6) is 0 Å². The fourth-order valence-corrected chi connectivity index (χ4v) is 2.79. The van der Waals surface area contributed by atoms with E-state index in [0.29, 0.717) is 19.7 Å². The minimum Gasteiger partial charge on any atom is -0.369 e. The van der Waals surface area contributed by atoms with Crippen LogP contribution >= 0.6 is 15.9 Å². The van der Waals surface area contributed by atoms with E-state index in [2.05, 4.69) is 20.9 Å². The fraction of sp³-hybridized carbons (Fsp3) is 0.400. The number of likely N-dealkylation sites (N-methyl/N-ethyl adjacent to an activating group) is 1. The average Bonchev–Trinajstić information content (AvgIpc) is 3.03. The Bertz CT molecular complexity index is 601. The van der Waals surface area contributed by atoms with E-state index in [9.17, 15) is 4.39 Å². The monoisotopic (exact) mass is 353 g/mol. The highest BCUT2D eigenvalue weighted by Crippen LogP contribution is 2.18. The number of ether oxygens (including phenoxy) is 1. The maximum atomic E-state index is 13.6. The first kappa shape index (κ1) is 14.7. The van der Waals surface area contributed by atoms with Crippen LogP contribution in [-0.4, -0.2) is 46.9 Å². The Kier molecular flexibility index (Phi) is 4.37. The lowest BCUT2D eigenvalue weighted by atomic mass is 10.2. The Morgan fingerprint density at radius 1 is 1.33 bits per heavy atom. The van der Waals surface area contributed by atoms with Crippen LogP contribution in [0.1, 0.15) is 5.56 Å². The van der Waals surface area contributed by atoms with Crippen molar-refractivity contribution in [3.63, 3.8) is 0 Å². The molecule has 1 saturated heterocycles. The first-order valence-corrected chi connectivity index (χ1v) is 7.64. The summed E-state index contributed by atoms with van der Waals surface area (Å²) in [6.45, 7) is 1.55. The quantitative estimate of drug-likeness (QED) is 0.846. The van der Waals surface area contributed by atoms with Crippen molar-refractivity contribution in [2.24, 2.45) is 0 Å². The van der Waals surface area contributed by atoms with Crippen LogP contribution in [0.4, 0.5) is 4.39 Å². The Labute approximate surface area is 131 Å². The van der Waals surface area contributed by atoms with Gasteiger partial charge in [-0.2, -0.15) is 0 Å². The summed E-state index contributed by atoms with van der Waals surface area (Å²) in [5, 5.41) is 0. The van der Waals surface area contributed by atoms with Crippen LogP contribution in [-0.2, 0) is 11.3 Å². The van der Waals surface area contributed by atoms with Crippen molar-refractivity contribution in [1.82, 2.24) is 14.5 Å². The van der Waals surface area contributed by atoms with E-state index < -0.39 is 6.17 Å². The number of halogens is 2. The molecule has 0 unspecified atom stereocenters. The van der Waals surface area contributed by atoms with Crippen molar-refractivity contribution in [1.29, 1.82) is 0 Å². The van der Waals surface area contributed by atoms with Crippen molar-refractivity contribution in [3.8, 4) is 5.69 Å². The van der Waals surface area contributed by atoms with Gasteiger partial charge >= 0.3 is 0 Å². The van der Waals surface area contributed by atoms with Crippen LogP contribution in [0.15, 0.2) is 41.4 Å². The van der Waals surface area contributed by atoms with E-state index in [0.717, 1.165) is 15.9 Å². The molecule has 2 heterocycles. The van der Waals surface area contributed by atoms with Crippen LogP contribution in [0, 0.1) is 0 Å². The summed E-state index contributed by atoms with van der Waals surface area (Å²) in [6.07, 6.45) is 2.43. The van der Waals surface area contributed by atoms with E-state index in [1.807, 2.05) is 47.0 Å². The van der Waals surface area contributed by atoms with Gasteiger partial charge in [-0.05, 0) is 40.7 Å². The molecular formula is C15H17BrFN3O. The Hall–Kier alpha value is -1.24. The van der Waals surface area contributed by atoms with E-state index in [1.54, 1.807) is 6.33 Å². The maximum absolute atomic E-state index is 13.6. The lowest BCUT2D eigenvalue weighted by Gasteiger charge is -2.13. The minimum absolute atomic E-state index is 0.320. The zero-order valence-corrected chi connectivity index (χ0v) is 13.3. The normalized spacial score (nSPS) is 22.8. The molecule has 0 aliphatic carbocycles.